The second kappa shape index (κ2) is 9.34. The van der Waals surface area contributed by atoms with Crippen molar-refractivity contribution in [2.45, 2.75) is 45.7 Å². The molecule has 1 amide bonds. The fourth-order valence-corrected chi connectivity index (χ4v) is 5.10. The maximum Gasteiger partial charge on any atom is 0.223 e. The average molecular weight is 454 g/mol. The number of amides is 1. The number of para-hydroxylation sites is 2. The van der Waals surface area contributed by atoms with E-state index in [2.05, 4.69) is 61.7 Å². The monoisotopic (exact) mass is 453 g/mol. The van der Waals surface area contributed by atoms with Gasteiger partial charge in [0.15, 0.2) is 0 Å². The summed E-state index contributed by atoms with van der Waals surface area (Å²) in [5, 5.41) is 0. The summed E-state index contributed by atoms with van der Waals surface area (Å²) in [6, 6.07) is 24.8. The number of nitrogens with zero attached hydrogens (tertiary/aromatic N) is 3. The van der Waals surface area contributed by atoms with Gasteiger partial charge in [-0.05, 0) is 61.7 Å². The molecule has 1 fully saturated rings. The standard InChI is InChI=1S/C29H31N3O2/c1-20-15-21(2)17-25(16-20)34-14-13-31-27-12-8-7-11-26(27)30-29(31)24-18-28(33)32(19-24)22(3)23-9-5-4-6-10-23/h4-12,15-17,22,24H,13-14,18-19H2,1-3H3. The number of hydrogen-bond donors (Lipinski definition) is 0. The van der Waals surface area contributed by atoms with Crippen LogP contribution in [0.5, 0.6) is 5.75 Å². The number of hydrogen-bond acceptors (Lipinski definition) is 3. The topological polar surface area (TPSA) is 47.4 Å². The van der Waals surface area contributed by atoms with Crippen LogP contribution in [0.3, 0.4) is 0 Å². The van der Waals surface area contributed by atoms with Crippen LogP contribution in [0, 0.1) is 13.8 Å². The van der Waals surface area contributed by atoms with Crippen molar-refractivity contribution in [1.29, 1.82) is 0 Å². The summed E-state index contributed by atoms with van der Waals surface area (Å²) in [5.41, 5.74) is 5.60. The van der Waals surface area contributed by atoms with Crippen molar-refractivity contribution in [3.05, 3.63) is 95.3 Å². The van der Waals surface area contributed by atoms with Crippen molar-refractivity contribution in [1.82, 2.24) is 14.5 Å². The highest BCUT2D eigenvalue weighted by Gasteiger charge is 2.36. The van der Waals surface area contributed by atoms with Gasteiger partial charge in [0.25, 0.3) is 0 Å². The number of aryl methyl sites for hydroxylation is 2. The molecule has 4 aromatic rings. The van der Waals surface area contributed by atoms with Crippen LogP contribution in [-0.4, -0.2) is 33.5 Å². The third-order valence-corrected chi connectivity index (χ3v) is 6.74. The Morgan fingerprint density at radius 2 is 1.71 bits per heavy atom. The maximum atomic E-state index is 13.0. The van der Waals surface area contributed by atoms with Gasteiger partial charge >= 0.3 is 0 Å². The highest BCUT2D eigenvalue weighted by molar-refractivity contribution is 5.81. The molecule has 5 heteroatoms. The third-order valence-electron chi connectivity index (χ3n) is 6.74. The second-order valence-corrected chi connectivity index (χ2v) is 9.32. The lowest BCUT2D eigenvalue weighted by molar-refractivity contribution is -0.129. The Hall–Kier alpha value is -3.60. The number of aromatic nitrogens is 2. The molecule has 0 aliphatic carbocycles. The number of likely N-dealkylation sites (tertiary alicyclic amines) is 1. The van der Waals surface area contributed by atoms with Crippen molar-refractivity contribution >= 4 is 16.9 Å². The quantitative estimate of drug-likeness (QED) is 0.355. The van der Waals surface area contributed by atoms with Crippen LogP contribution in [0.15, 0.2) is 72.8 Å². The Bertz CT molecular complexity index is 1290. The van der Waals surface area contributed by atoms with Gasteiger partial charge in [0.1, 0.15) is 18.2 Å². The van der Waals surface area contributed by atoms with E-state index in [1.54, 1.807) is 0 Å². The first-order chi connectivity index (χ1) is 16.5. The summed E-state index contributed by atoms with van der Waals surface area (Å²) in [6.45, 7) is 8.18. The van der Waals surface area contributed by atoms with Crippen LogP contribution >= 0.6 is 0 Å². The highest BCUT2D eigenvalue weighted by Crippen LogP contribution is 2.35. The smallest absolute Gasteiger partial charge is 0.223 e. The Kier molecular flexibility index (Phi) is 6.10. The van der Waals surface area contributed by atoms with E-state index in [0.717, 1.165) is 28.2 Å². The summed E-state index contributed by atoms with van der Waals surface area (Å²) in [7, 11) is 0. The highest BCUT2D eigenvalue weighted by atomic mass is 16.5. The maximum absolute atomic E-state index is 13.0. The Morgan fingerprint density at radius 1 is 1.00 bits per heavy atom. The first kappa shape index (κ1) is 22.2. The molecule has 1 aromatic heterocycles. The Balaban J connectivity index is 1.38. The summed E-state index contributed by atoms with van der Waals surface area (Å²) in [5.74, 6) is 2.11. The molecule has 34 heavy (non-hydrogen) atoms. The third kappa shape index (κ3) is 4.43. The number of ether oxygens (including phenoxy) is 1. The predicted molar refractivity (Wildman–Crippen MR) is 135 cm³/mol. The molecule has 5 rings (SSSR count). The zero-order valence-electron chi connectivity index (χ0n) is 20.1. The van der Waals surface area contributed by atoms with E-state index in [4.69, 9.17) is 9.72 Å². The number of benzene rings is 3. The van der Waals surface area contributed by atoms with Crippen LogP contribution in [0.25, 0.3) is 11.0 Å². The van der Waals surface area contributed by atoms with Crippen LogP contribution in [0.2, 0.25) is 0 Å². The van der Waals surface area contributed by atoms with Gasteiger partial charge in [-0.15, -0.1) is 0 Å². The Morgan fingerprint density at radius 3 is 2.47 bits per heavy atom. The number of rotatable bonds is 7. The summed E-state index contributed by atoms with van der Waals surface area (Å²) in [6.07, 6.45) is 0.485. The zero-order valence-corrected chi connectivity index (χ0v) is 20.1. The molecule has 0 saturated carbocycles. The minimum absolute atomic E-state index is 0.0458. The first-order valence-corrected chi connectivity index (χ1v) is 12.0. The number of carbonyl (C=O) groups excluding carboxylic acids is 1. The van der Waals surface area contributed by atoms with Gasteiger partial charge in [0.2, 0.25) is 5.91 Å². The molecule has 1 aliphatic heterocycles. The van der Waals surface area contributed by atoms with Gasteiger partial charge in [-0.1, -0.05) is 48.5 Å². The number of imidazole rings is 1. The summed E-state index contributed by atoms with van der Waals surface area (Å²) in [4.78, 5) is 20.0. The van der Waals surface area contributed by atoms with Crippen molar-refractivity contribution < 1.29 is 9.53 Å². The molecule has 1 saturated heterocycles. The molecule has 1 aliphatic rings. The van der Waals surface area contributed by atoms with Crippen LogP contribution < -0.4 is 4.74 Å². The Labute approximate surface area is 201 Å². The molecular formula is C29H31N3O2. The zero-order chi connectivity index (χ0) is 23.7. The van der Waals surface area contributed by atoms with Gasteiger partial charge < -0.3 is 14.2 Å². The number of carbonyl (C=O) groups is 1. The molecule has 2 heterocycles. The van der Waals surface area contributed by atoms with Crippen molar-refractivity contribution in [2.75, 3.05) is 13.2 Å². The van der Waals surface area contributed by atoms with Crippen LogP contribution in [0.1, 0.15) is 47.8 Å². The molecule has 3 aromatic carbocycles. The fourth-order valence-electron chi connectivity index (χ4n) is 5.10. The average Bonchev–Trinajstić information content (AvgIpc) is 3.39. The van der Waals surface area contributed by atoms with E-state index in [1.165, 1.54) is 11.1 Å². The lowest BCUT2D eigenvalue weighted by atomic mass is 10.1. The van der Waals surface area contributed by atoms with E-state index < -0.39 is 0 Å². The van der Waals surface area contributed by atoms with Crippen molar-refractivity contribution in [3.8, 4) is 5.75 Å². The molecular weight excluding hydrogens is 422 g/mol. The molecule has 2 atom stereocenters. The SMILES string of the molecule is Cc1cc(C)cc(OCCn2c(C3CC(=O)N(C(C)c4ccccc4)C3)nc3ccccc32)c1. The van der Waals surface area contributed by atoms with Gasteiger partial charge in [0, 0.05) is 18.9 Å². The number of fused-ring (bicyclic) bond motifs is 1. The minimum Gasteiger partial charge on any atom is -0.492 e. The fraction of sp³-hybridized carbons (Fsp3) is 0.310. The first-order valence-electron chi connectivity index (χ1n) is 12.0. The molecule has 0 radical (unpaired) electrons. The van der Waals surface area contributed by atoms with E-state index in [1.807, 2.05) is 41.3 Å². The lowest BCUT2D eigenvalue weighted by Crippen LogP contribution is -2.28. The van der Waals surface area contributed by atoms with E-state index in [9.17, 15) is 4.79 Å². The van der Waals surface area contributed by atoms with Gasteiger partial charge in [-0.2, -0.15) is 0 Å². The van der Waals surface area contributed by atoms with Crippen molar-refractivity contribution in [2.24, 2.45) is 0 Å². The normalized spacial score (nSPS) is 16.9. The van der Waals surface area contributed by atoms with Crippen LogP contribution in [-0.2, 0) is 11.3 Å². The van der Waals surface area contributed by atoms with E-state index in [-0.39, 0.29) is 17.9 Å². The molecule has 2 unspecified atom stereocenters. The predicted octanol–water partition coefficient (Wildman–Crippen LogP) is 5.81. The van der Waals surface area contributed by atoms with Gasteiger partial charge in [0.05, 0.1) is 23.6 Å². The van der Waals surface area contributed by atoms with Gasteiger partial charge in [-0.25, -0.2) is 4.98 Å². The summed E-state index contributed by atoms with van der Waals surface area (Å²) < 4.78 is 8.36. The summed E-state index contributed by atoms with van der Waals surface area (Å²) >= 11 is 0. The molecule has 0 N–H and O–H groups in total. The van der Waals surface area contributed by atoms with Crippen LogP contribution in [0.4, 0.5) is 0 Å². The molecule has 174 valence electrons. The molecule has 5 nitrogen and oxygen atoms in total. The lowest BCUT2D eigenvalue weighted by Gasteiger charge is -2.25. The largest absolute Gasteiger partial charge is 0.492 e. The second-order valence-electron chi connectivity index (χ2n) is 9.32. The van der Waals surface area contributed by atoms with E-state index >= 15 is 0 Å². The molecule has 0 bridgehead atoms. The molecule has 0 spiro atoms. The van der Waals surface area contributed by atoms with E-state index in [0.29, 0.717) is 26.1 Å². The van der Waals surface area contributed by atoms with Crippen molar-refractivity contribution in [3.63, 3.8) is 0 Å². The van der Waals surface area contributed by atoms with Gasteiger partial charge in [-0.3, -0.25) is 4.79 Å². The minimum atomic E-state index is 0.0458.